The molecule has 122 valence electrons. The van der Waals surface area contributed by atoms with E-state index in [4.69, 9.17) is 0 Å². The zero-order chi connectivity index (χ0) is 13.9. The molecule has 1 aliphatic heterocycles. The van der Waals surface area contributed by atoms with Gasteiger partial charge in [0.25, 0.3) is 0 Å². The van der Waals surface area contributed by atoms with Crippen LogP contribution in [0.25, 0.3) is 11.0 Å². The van der Waals surface area contributed by atoms with Crippen LogP contribution in [-0.2, 0) is 11.3 Å². The van der Waals surface area contributed by atoms with Crippen molar-refractivity contribution in [3.63, 3.8) is 0 Å². The number of amides is 1. The molecule has 0 aliphatic carbocycles. The summed E-state index contributed by atoms with van der Waals surface area (Å²) in [6.07, 6.45) is 0. The molecule has 8 heteroatoms. The number of hydrogen-bond donors (Lipinski definition) is 2. The molecule has 1 unspecified atom stereocenters. The maximum Gasteiger partial charge on any atom is 0.238 e. The quantitative estimate of drug-likeness (QED) is 0.872. The Morgan fingerprint density at radius 3 is 2.95 bits per heavy atom. The smallest absolute Gasteiger partial charge is 0.238 e. The highest BCUT2D eigenvalue weighted by Crippen LogP contribution is 2.15. The number of rotatable bonds is 4. The fourth-order valence-corrected chi connectivity index (χ4v) is 3.40. The van der Waals surface area contributed by atoms with Gasteiger partial charge in [-0.15, -0.1) is 36.6 Å². The molecule has 2 heterocycles. The number of hydrogen-bond acceptors (Lipinski definition) is 4. The van der Waals surface area contributed by atoms with Gasteiger partial charge in [-0.25, -0.2) is 4.98 Å². The van der Waals surface area contributed by atoms with Crippen LogP contribution in [0.4, 0.5) is 0 Å². The average molecular weight is 363 g/mol. The molecule has 0 radical (unpaired) electrons. The molecule has 0 saturated carbocycles. The second kappa shape index (κ2) is 8.62. The second-order valence-electron chi connectivity index (χ2n) is 4.86. The normalized spacial score (nSPS) is 16.9. The largest absolute Gasteiger partial charge is 0.353 e. The minimum Gasteiger partial charge on any atom is -0.353 e. The highest BCUT2D eigenvalue weighted by atomic mass is 35.5. The number of imidazole rings is 1. The molecule has 3 rings (SSSR count). The first kappa shape index (κ1) is 19.1. The van der Waals surface area contributed by atoms with Gasteiger partial charge in [0.15, 0.2) is 0 Å². The van der Waals surface area contributed by atoms with Crippen molar-refractivity contribution in [2.45, 2.75) is 19.5 Å². The summed E-state index contributed by atoms with van der Waals surface area (Å²) < 4.78 is 2.15. The molecule has 0 spiro atoms. The number of benzene rings is 1. The molecule has 1 aliphatic rings. The number of carbonyl (C=O) groups is 1. The number of thioether (sulfide) groups is 1. The summed E-state index contributed by atoms with van der Waals surface area (Å²) in [5.74, 6) is 2.80. The van der Waals surface area contributed by atoms with E-state index in [1.54, 1.807) is 11.8 Å². The topological polar surface area (TPSA) is 59.0 Å². The van der Waals surface area contributed by atoms with Gasteiger partial charge in [0.2, 0.25) is 5.91 Å². The highest BCUT2D eigenvalue weighted by molar-refractivity contribution is 7.99. The zero-order valence-corrected chi connectivity index (χ0v) is 14.7. The molecule has 22 heavy (non-hydrogen) atoms. The number of para-hydroxylation sites is 2. The Balaban J connectivity index is 0.00000121. The molecule has 1 aromatic carbocycles. The SMILES string of the molecule is Cc1nc2ccccc2n1CCNC(=O)C1CSCN1.Cl.Cl. The van der Waals surface area contributed by atoms with Gasteiger partial charge < -0.3 is 9.88 Å². The molecule has 1 aromatic heterocycles. The fraction of sp³-hybridized carbons (Fsp3) is 0.429. The van der Waals surface area contributed by atoms with Gasteiger partial charge in [-0.3, -0.25) is 10.1 Å². The van der Waals surface area contributed by atoms with Crippen LogP contribution in [0, 0.1) is 6.92 Å². The molecular weight excluding hydrogens is 343 g/mol. The van der Waals surface area contributed by atoms with E-state index < -0.39 is 0 Å². The van der Waals surface area contributed by atoms with E-state index in [-0.39, 0.29) is 36.8 Å². The van der Waals surface area contributed by atoms with Crippen molar-refractivity contribution in [2.75, 3.05) is 18.2 Å². The van der Waals surface area contributed by atoms with Crippen LogP contribution in [0.5, 0.6) is 0 Å². The van der Waals surface area contributed by atoms with Crippen LogP contribution in [0.1, 0.15) is 5.82 Å². The molecule has 5 nitrogen and oxygen atoms in total. The number of fused-ring (bicyclic) bond motifs is 1. The number of carbonyl (C=O) groups excluding carboxylic acids is 1. The van der Waals surface area contributed by atoms with Crippen molar-refractivity contribution in [1.82, 2.24) is 20.2 Å². The molecule has 2 N–H and O–H groups in total. The van der Waals surface area contributed by atoms with Crippen LogP contribution in [0.2, 0.25) is 0 Å². The summed E-state index contributed by atoms with van der Waals surface area (Å²) in [5, 5.41) is 6.16. The van der Waals surface area contributed by atoms with Crippen molar-refractivity contribution in [2.24, 2.45) is 0 Å². The monoisotopic (exact) mass is 362 g/mol. The zero-order valence-electron chi connectivity index (χ0n) is 12.2. The highest BCUT2D eigenvalue weighted by Gasteiger charge is 2.21. The summed E-state index contributed by atoms with van der Waals surface area (Å²) in [7, 11) is 0. The first-order valence-electron chi connectivity index (χ1n) is 6.76. The van der Waals surface area contributed by atoms with Gasteiger partial charge in [0.1, 0.15) is 5.82 Å². The third-order valence-corrected chi connectivity index (χ3v) is 4.45. The van der Waals surface area contributed by atoms with Gasteiger partial charge >= 0.3 is 0 Å². The van der Waals surface area contributed by atoms with Crippen molar-refractivity contribution < 1.29 is 4.79 Å². The lowest BCUT2D eigenvalue weighted by molar-refractivity contribution is -0.122. The maximum atomic E-state index is 11.9. The predicted octanol–water partition coefficient (Wildman–Crippen LogP) is 1.97. The van der Waals surface area contributed by atoms with Crippen LogP contribution in [0.15, 0.2) is 24.3 Å². The van der Waals surface area contributed by atoms with E-state index >= 15 is 0 Å². The molecule has 0 bridgehead atoms. The van der Waals surface area contributed by atoms with E-state index in [0.717, 1.165) is 35.0 Å². The van der Waals surface area contributed by atoms with Gasteiger partial charge in [-0.05, 0) is 19.1 Å². The summed E-state index contributed by atoms with van der Waals surface area (Å²) in [6.45, 7) is 3.37. The lowest BCUT2D eigenvalue weighted by Crippen LogP contribution is -2.43. The Labute approximate surface area is 146 Å². The van der Waals surface area contributed by atoms with Crippen molar-refractivity contribution in [3.05, 3.63) is 30.1 Å². The molecule has 1 fully saturated rings. The van der Waals surface area contributed by atoms with Crippen LogP contribution in [0.3, 0.4) is 0 Å². The third kappa shape index (κ3) is 4.07. The number of aryl methyl sites for hydroxylation is 1. The molecular formula is C14H20Cl2N4OS. The Hall–Kier alpha value is -0.950. The maximum absolute atomic E-state index is 11.9. The fourth-order valence-electron chi connectivity index (χ4n) is 2.46. The second-order valence-corrected chi connectivity index (χ2v) is 5.89. The molecule has 1 saturated heterocycles. The van der Waals surface area contributed by atoms with E-state index in [2.05, 4.69) is 26.3 Å². The van der Waals surface area contributed by atoms with Crippen LogP contribution >= 0.6 is 36.6 Å². The number of aromatic nitrogens is 2. The Morgan fingerprint density at radius 1 is 1.45 bits per heavy atom. The van der Waals surface area contributed by atoms with Crippen LogP contribution in [-0.4, -0.2) is 39.7 Å². The Kier molecular flexibility index (Phi) is 7.48. The first-order chi connectivity index (χ1) is 9.75. The average Bonchev–Trinajstić information content (AvgIpc) is 3.07. The molecule has 1 atom stereocenters. The number of nitrogens with one attached hydrogen (secondary N) is 2. The molecule has 1 amide bonds. The Bertz CT molecular complexity index is 628. The van der Waals surface area contributed by atoms with E-state index in [9.17, 15) is 4.79 Å². The molecule has 2 aromatic rings. The van der Waals surface area contributed by atoms with Gasteiger partial charge in [0, 0.05) is 24.7 Å². The van der Waals surface area contributed by atoms with E-state index in [1.165, 1.54) is 0 Å². The standard InChI is InChI=1S/C14H18N4OS.2ClH/c1-10-17-11-4-2-3-5-13(11)18(10)7-6-15-14(19)12-8-20-9-16-12;;/h2-5,12,16H,6-9H2,1H3,(H,15,19);2*1H. The lowest BCUT2D eigenvalue weighted by Gasteiger charge is -2.12. The van der Waals surface area contributed by atoms with Crippen molar-refractivity contribution >= 4 is 53.5 Å². The van der Waals surface area contributed by atoms with Gasteiger partial charge in [-0.2, -0.15) is 0 Å². The summed E-state index contributed by atoms with van der Waals surface area (Å²) >= 11 is 1.76. The van der Waals surface area contributed by atoms with Gasteiger partial charge in [0.05, 0.1) is 17.1 Å². The first-order valence-corrected chi connectivity index (χ1v) is 7.92. The van der Waals surface area contributed by atoms with E-state index in [1.807, 2.05) is 25.1 Å². The lowest BCUT2D eigenvalue weighted by atomic mass is 10.3. The number of nitrogens with zero attached hydrogens (tertiary/aromatic N) is 2. The summed E-state index contributed by atoms with van der Waals surface area (Å²) in [6, 6.07) is 8.03. The van der Waals surface area contributed by atoms with E-state index in [0.29, 0.717) is 6.54 Å². The summed E-state index contributed by atoms with van der Waals surface area (Å²) in [5.41, 5.74) is 2.12. The summed E-state index contributed by atoms with van der Waals surface area (Å²) in [4.78, 5) is 16.4. The minimum atomic E-state index is -0.0411. The van der Waals surface area contributed by atoms with Crippen molar-refractivity contribution in [3.8, 4) is 0 Å². The third-order valence-electron chi connectivity index (χ3n) is 3.51. The minimum absolute atomic E-state index is 0. The predicted molar refractivity (Wildman–Crippen MR) is 96.2 cm³/mol. The van der Waals surface area contributed by atoms with Crippen molar-refractivity contribution in [1.29, 1.82) is 0 Å². The number of halogens is 2. The Morgan fingerprint density at radius 2 is 2.23 bits per heavy atom. The van der Waals surface area contributed by atoms with Gasteiger partial charge in [-0.1, -0.05) is 12.1 Å². The van der Waals surface area contributed by atoms with Crippen LogP contribution < -0.4 is 10.6 Å².